The highest BCUT2D eigenvalue weighted by atomic mass is 35.5. The zero-order chi connectivity index (χ0) is 10.7. The van der Waals surface area contributed by atoms with Crippen LogP contribution in [0.5, 0.6) is 0 Å². The summed E-state index contributed by atoms with van der Waals surface area (Å²) in [5, 5.41) is 8.85. The lowest BCUT2D eigenvalue weighted by atomic mass is 10.5. The molecule has 0 saturated heterocycles. The maximum atomic E-state index is 5.63. The van der Waals surface area contributed by atoms with E-state index in [0.717, 1.165) is 21.6 Å². The standard InChI is InChI=1S/C8H7ClN4S2/c1-2-6-10-8(15-13-6)14-7-4-3-5(9)11-12-7/h3-4H,2H2,1H3. The van der Waals surface area contributed by atoms with E-state index in [2.05, 4.69) is 19.6 Å². The third-order valence-electron chi connectivity index (χ3n) is 1.57. The molecule has 0 radical (unpaired) electrons. The molecule has 2 heterocycles. The molecule has 0 spiro atoms. The van der Waals surface area contributed by atoms with Gasteiger partial charge in [-0.25, -0.2) is 4.98 Å². The summed E-state index contributed by atoms with van der Waals surface area (Å²) >= 11 is 8.45. The van der Waals surface area contributed by atoms with Gasteiger partial charge in [0.15, 0.2) is 9.49 Å². The van der Waals surface area contributed by atoms with Crippen molar-refractivity contribution in [1.29, 1.82) is 0 Å². The van der Waals surface area contributed by atoms with E-state index in [9.17, 15) is 0 Å². The van der Waals surface area contributed by atoms with Gasteiger partial charge in [0.05, 0.1) is 0 Å². The minimum Gasteiger partial charge on any atom is -0.213 e. The van der Waals surface area contributed by atoms with Gasteiger partial charge in [0.25, 0.3) is 0 Å². The van der Waals surface area contributed by atoms with Crippen molar-refractivity contribution in [3.8, 4) is 0 Å². The fraction of sp³-hybridized carbons (Fsp3) is 0.250. The predicted octanol–water partition coefficient (Wildman–Crippen LogP) is 2.70. The molecule has 15 heavy (non-hydrogen) atoms. The van der Waals surface area contributed by atoms with Gasteiger partial charge in [-0.15, -0.1) is 10.2 Å². The van der Waals surface area contributed by atoms with E-state index in [1.165, 1.54) is 23.3 Å². The SMILES string of the molecule is CCc1nsc(Sc2ccc(Cl)nn2)n1. The third kappa shape index (κ3) is 2.87. The maximum Gasteiger partial charge on any atom is 0.176 e. The molecule has 0 saturated carbocycles. The minimum absolute atomic E-state index is 0.394. The first-order valence-corrected chi connectivity index (χ1v) is 6.24. The summed E-state index contributed by atoms with van der Waals surface area (Å²) in [5.41, 5.74) is 0. The van der Waals surface area contributed by atoms with E-state index >= 15 is 0 Å². The lowest BCUT2D eigenvalue weighted by Crippen LogP contribution is -1.85. The number of aryl methyl sites for hydroxylation is 1. The molecule has 4 nitrogen and oxygen atoms in total. The predicted molar refractivity (Wildman–Crippen MR) is 60.5 cm³/mol. The summed E-state index contributed by atoms with van der Waals surface area (Å²) in [4.78, 5) is 4.32. The highest BCUT2D eigenvalue weighted by molar-refractivity contribution is 8.00. The fourth-order valence-electron chi connectivity index (χ4n) is 0.871. The Bertz CT molecular complexity index is 442. The minimum atomic E-state index is 0.394. The Morgan fingerprint density at radius 3 is 2.87 bits per heavy atom. The summed E-state index contributed by atoms with van der Waals surface area (Å²) < 4.78 is 5.06. The van der Waals surface area contributed by atoms with Gasteiger partial charge in [0.1, 0.15) is 10.9 Å². The van der Waals surface area contributed by atoms with Gasteiger partial charge in [0, 0.05) is 6.42 Å². The number of hydrogen-bond acceptors (Lipinski definition) is 6. The number of nitrogens with zero attached hydrogens (tertiary/aromatic N) is 4. The molecule has 2 aromatic heterocycles. The molecule has 0 aliphatic carbocycles. The first kappa shape index (κ1) is 10.8. The molecule has 0 fully saturated rings. The van der Waals surface area contributed by atoms with E-state index in [4.69, 9.17) is 11.6 Å². The highest BCUT2D eigenvalue weighted by Gasteiger charge is 2.05. The topological polar surface area (TPSA) is 51.6 Å². The zero-order valence-electron chi connectivity index (χ0n) is 7.85. The zero-order valence-corrected chi connectivity index (χ0v) is 10.2. The molecule has 0 amide bonds. The van der Waals surface area contributed by atoms with Gasteiger partial charge in [-0.3, -0.25) is 0 Å². The summed E-state index contributed by atoms with van der Waals surface area (Å²) in [5.74, 6) is 0.865. The molecular formula is C8H7ClN4S2. The fourth-order valence-corrected chi connectivity index (χ4v) is 2.54. The van der Waals surface area contributed by atoms with Crippen molar-refractivity contribution in [1.82, 2.24) is 19.6 Å². The average Bonchev–Trinajstić information content (AvgIpc) is 2.69. The molecule has 2 rings (SSSR count). The summed E-state index contributed by atoms with van der Waals surface area (Å²) in [6.07, 6.45) is 0.851. The van der Waals surface area contributed by atoms with Gasteiger partial charge in [-0.2, -0.15) is 4.37 Å². The summed E-state index contributed by atoms with van der Waals surface area (Å²) in [7, 11) is 0. The number of halogens is 1. The van der Waals surface area contributed by atoms with Crippen molar-refractivity contribution in [3.63, 3.8) is 0 Å². The molecule has 0 aromatic carbocycles. The Hall–Kier alpha value is -0.720. The van der Waals surface area contributed by atoms with Gasteiger partial charge >= 0.3 is 0 Å². The first-order chi connectivity index (χ1) is 7.28. The van der Waals surface area contributed by atoms with E-state index in [0.29, 0.717) is 5.15 Å². The van der Waals surface area contributed by atoms with Crippen LogP contribution in [0.4, 0.5) is 0 Å². The summed E-state index contributed by atoms with van der Waals surface area (Å²) in [6, 6.07) is 3.52. The van der Waals surface area contributed by atoms with Gasteiger partial charge in [-0.1, -0.05) is 18.5 Å². The number of aromatic nitrogens is 4. The van der Waals surface area contributed by atoms with Crippen LogP contribution < -0.4 is 0 Å². The van der Waals surface area contributed by atoms with Crippen LogP contribution in [0.3, 0.4) is 0 Å². The molecule has 0 aliphatic rings. The molecule has 2 aromatic rings. The van der Waals surface area contributed by atoms with Crippen LogP contribution in [0.1, 0.15) is 12.7 Å². The monoisotopic (exact) mass is 258 g/mol. The van der Waals surface area contributed by atoms with Crippen molar-refractivity contribution in [3.05, 3.63) is 23.1 Å². The van der Waals surface area contributed by atoms with Gasteiger partial charge in [0.2, 0.25) is 0 Å². The molecule has 0 bridgehead atoms. The lowest BCUT2D eigenvalue weighted by molar-refractivity contribution is 0.925. The lowest BCUT2D eigenvalue weighted by Gasteiger charge is -1.93. The molecule has 0 aliphatic heterocycles. The molecule has 0 unspecified atom stereocenters. The molecule has 0 N–H and O–H groups in total. The normalized spacial score (nSPS) is 10.5. The second-order valence-electron chi connectivity index (χ2n) is 2.63. The van der Waals surface area contributed by atoms with Crippen LogP contribution in [-0.2, 0) is 6.42 Å². The van der Waals surface area contributed by atoms with Gasteiger partial charge < -0.3 is 0 Å². The van der Waals surface area contributed by atoms with E-state index in [1.807, 2.05) is 13.0 Å². The van der Waals surface area contributed by atoms with E-state index in [-0.39, 0.29) is 0 Å². The van der Waals surface area contributed by atoms with Crippen LogP contribution in [-0.4, -0.2) is 19.6 Å². The molecular weight excluding hydrogens is 252 g/mol. The van der Waals surface area contributed by atoms with Crippen molar-refractivity contribution < 1.29 is 0 Å². The molecule has 7 heteroatoms. The largest absolute Gasteiger partial charge is 0.213 e. The van der Waals surface area contributed by atoms with E-state index < -0.39 is 0 Å². The van der Waals surface area contributed by atoms with Crippen molar-refractivity contribution in [2.24, 2.45) is 0 Å². The summed E-state index contributed by atoms with van der Waals surface area (Å²) in [6.45, 7) is 2.03. The smallest absolute Gasteiger partial charge is 0.176 e. The van der Waals surface area contributed by atoms with Crippen LogP contribution in [0.2, 0.25) is 5.15 Å². The first-order valence-electron chi connectivity index (χ1n) is 4.27. The second-order valence-corrected chi connectivity index (χ2v) is 5.03. The van der Waals surface area contributed by atoms with Gasteiger partial charge in [-0.05, 0) is 35.4 Å². The average molecular weight is 259 g/mol. The molecule has 0 atom stereocenters. The highest BCUT2D eigenvalue weighted by Crippen LogP contribution is 2.27. The third-order valence-corrected chi connectivity index (χ3v) is 3.48. The van der Waals surface area contributed by atoms with Crippen LogP contribution >= 0.6 is 34.9 Å². The van der Waals surface area contributed by atoms with Crippen molar-refractivity contribution >= 4 is 34.9 Å². The Balaban J connectivity index is 2.11. The van der Waals surface area contributed by atoms with Crippen molar-refractivity contribution in [2.45, 2.75) is 22.7 Å². The number of hydrogen-bond donors (Lipinski definition) is 0. The Morgan fingerprint density at radius 1 is 1.40 bits per heavy atom. The quantitative estimate of drug-likeness (QED) is 0.847. The Kier molecular flexibility index (Phi) is 3.50. The Labute approximate surface area is 100 Å². The van der Waals surface area contributed by atoms with Crippen LogP contribution in [0.25, 0.3) is 0 Å². The van der Waals surface area contributed by atoms with Crippen LogP contribution in [0, 0.1) is 0 Å². The maximum absolute atomic E-state index is 5.63. The second kappa shape index (κ2) is 4.87. The Morgan fingerprint density at radius 2 is 2.27 bits per heavy atom. The van der Waals surface area contributed by atoms with E-state index in [1.54, 1.807) is 6.07 Å². The van der Waals surface area contributed by atoms with Crippen LogP contribution in [0.15, 0.2) is 21.5 Å². The molecule has 78 valence electrons. The van der Waals surface area contributed by atoms with Crippen molar-refractivity contribution in [2.75, 3.05) is 0 Å². The number of rotatable bonds is 3.